The monoisotopic (exact) mass is 234 g/mol. The van der Waals surface area contributed by atoms with E-state index in [-0.39, 0.29) is 12.6 Å². The number of hydrogen-bond donors (Lipinski definition) is 1. The van der Waals surface area contributed by atoms with Crippen molar-refractivity contribution in [2.45, 2.75) is 0 Å². The highest BCUT2D eigenvalue weighted by molar-refractivity contribution is 5.82. The Morgan fingerprint density at radius 1 is 1.29 bits per heavy atom. The van der Waals surface area contributed by atoms with Crippen molar-refractivity contribution in [2.24, 2.45) is 0 Å². The Balaban J connectivity index is 2.00. The van der Waals surface area contributed by atoms with E-state index in [0.29, 0.717) is 17.1 Å². The predicted molar refractivity (Wildman–Crippen MR) is 52.8 cm³/mol. The number of ether oxygens (including phenoxy) is 2. The first-order chi connectivity index (χ1) is 8.24. The normalized spacial score (nSPS) is 12.7. The molecular formula is C10H6N2O5. The van der Waals surface area contributed by atoms with Crippen LogP contribution in [-0.2, 0) is 0 Å². The molecule has 0 radical (unpaired) electrons. The molecule has 2 aromatic rings. The van der Waals surface area contributed by atoms with Crippen molar-refractivity contribution >= 4 is 5.97 Å². The van der Waals surface area contributed by atoms with Gasteiger partial charge in [-0.1, -0.05) is 5.16 Å². The Morgan fingerprint density at radius 3 is 2.88 bits per heavy atom. The smallest absolute Gasteiger partial charge is 0.394 e. The molecule has 0 saturated carbocycles. The van der Waals surface area contributed by atoms with Gasteiger partial charge in [0.25, 0.3) is 0 Å². The number of aromatic nitrogens is 2. The van der Waals surface area contributed by atoms with E-state index in [1.807, 2.05) is 0 Å². The lowest BCUT2D eigenvalue weighted by atomic mass is 10.2. The van der Waals surface area contributed by atoms with Crippen LogP contribution in [0.3, 0.4) is 0 Å². The van der Waals surface area contributed by atoms with Gasteiger partial charge in [-0.05, 0) is 18.2 Å². The number of nitrogens with zero attached hydrogens (tertiary/aromatic N) is 2. The van der Waals surface area contributed by atoms with Gasteiger partial charge in [-0.2, -0.15) is 4.98 Å². The minimum atomic E-state index is -1.26. The first-order valence-corrected chi connectivity index (χ1v) is 4.71. The van der Waals surface area contributed by atoms with Gasteiger partial charge in [0.2, 0.25) is 12.6 Å². The molecule has 1 N–H and O–H groups in total. The van der Waals surface area contributed by atoms with Crippen LogP contribution >= 0.6 is 0 Å². The summed E-state index contributed by atoms with van der Waals surface area (Å²) in [6, 6.07) is 5.07. The van der Waals surface area contributed by atoms with Gasteiger partial charge < -0.3 is 19.1 Å². The Kier molecular flexibility index (Phi) is 1.97. The highest BCUT2D eigenvalue weighted by atomic mass is 16.7. The minimum Gasteiger partial charge on any atom is -0.474 e. The second-order valence-electron chi connectivity index (χ2n) is 3.30. The van der Waals surface area contributed by atoms with Crippen LogP contribution in [0, 0.1) is 0 Å². The van der Waals surface area contributed by atoms with E-state index < -0.39 is 11.9 Å². The second kappa shape index (κ2) is 3.48. The van der Waals surface area contributed by atoms with Crippen molar-refractivity contribution in [3.05, 3.63) is 24.1 Å². The van der Waals surface area contributed by atoms with Gasteiger partial charge >= 0.3 is 11.9 Å². The number of aromatic carboxylic acids is 1. The lowest BCUT2D eigenvalue weighted by Gasteiger charge is -1.97. The average molecular weight is 234 g/mol. The van der Waals surface area contributed by atoms with Crippen molar-refractivity contribution in [3.63, 3.8) is 0 Å². The van der Waals surface area contributed by atoms with Crippen LogP contribution in [-0.4, -0.2) is 28.0 Å². The zero-order valence-electron chi connectivity index (χ0n) is 8.41. The van der Waals surface area contributed by atoms with Gasteiger partial charge in [-0.25, -0.2) is 4.79 Å². The Bertz CT molecular complexity index is 592. The first-order valence-electron chi connectivity index (χ1n) is 4.71. The standard InChI is InChI=1S/C10H6N2O5/c13-10(14)9-11-8(12-17-9)5-1-2-6-7(3-5)16-4-15-6/h1-3H,4H2,(H,13,14). The molecule has 0 aliphatic carbocycles. The Hall–Kier alpha value is -2.57. The quantitative estimate of drug-likeness (QED) is 0.832. The van der Waals surface area contributed by atoms with Crippen LogP contribution in [0.5, 0.6) is 11.5 Å². The molecule has 0 bridgehead atoms. The lowest BCUT2D eigenvalue weighted by Crippen LogP contribution is -1.95. The molecule has 1 aliphatic heterocycles. The summed E-state index contributed by atoms with van der Waals surface area (Å²) in [7, 11) is 0. The van der Waals surface area contributed by atoms with Crippen LogP contribution < -0.4 is 9.47 Å². The fraction of sp³-hybridized carbons (Fsp3) is 0.100. The van der Waals surface area contributed by atoms with Gasteiger partial charge in [0.1, 0.15) is 0 Å². The number of fused-ring (bicyclic) bond motifs is 1. The second-order valence-corrected chi connectivity index (χ2v) is 3.30. The maximum atomic E-state index is 10.6. The molecule has 7 nitrogen and oxygen atoms in total. The third kappa shape index (κ3) is 1.57. The molecule has 3 rings (SSSR count). The van der Waals surface area contributed by atoms with Gasteiger partial charge in [0.15, 0.2) is 11.5 Å². The summed E-state index contributed by atoms with van der Waals surface area (Å²) in [6.45, 7) is 0.172. The number of carboxylic acids is 1. The van der Waals surface area contributed by atoms with Crippen LogP contribution in [0.2, 0.25) is 0 Å². The summed E-state index contributed by atoms with van der Waals surface area (Å²) in [5, 5.41) is 12.2. The average Bonchev–Trinajstić information content (AvgIpc) is 2.97. The van der Waals surface area contributed by atoms with Gasteiger partial charge in [-0.15, -0.1) is 0 Å². The minimum absolute atomic E-state index is 0.172. The third-order valence-corrected chi connectivity index (χ3v) is 2.24. The number of carboxylic acid groups (broad SMARTS) is 1. The number of rotatable bonds is 2. The van der Waals surface area contributed by atoms with Gasteiger partial charge in [0.05, 0.1) is 0 Å². The van der Waals surface area contributed by atoms with E-state index in [1.54, 1.807) is 18.2 Å². The van der Waals surface area contributed by atoms with Crippen molar-refractivity contribution in [1.82, 2.24) is 10.1 Å². The number of carbonyl (C=O) groups is 1. The Labute approximate surface area is 94.6 Å². The van der Waals surface area contributed by atoms with E-state index in [1.165, 1.54) is 0 Å². The summed E-state index contributed by atoms with van der Waals surface area (Å²) >= 11 is 0. The molecule has 1 aromatic carbocycles. The predicted octanol–water partition coefficient (Wildman–Crippen LogP) is 1.16. The highest BCUT2D eigenvalue weighted by Crippen LogP contribution is 2.35. The first kappa shape index (κ1) is 9.64. The molecule has 0 amide bonds. The van der Waals surface area contributed by atoms with E-state index in [0.717, 1.165) is 0 Å². The summed E-state index contributed by atoms with van der Waals surface area (Å²) in [5.74, 6) is -0.303. The third-order valence-electron chi connectivity index (χ3n) is 2.24. The molecule has 0 fully saturated rings. The summed E-state index contributed by atoms with van der Waals surface area (Å²) < 4.78 is 14.9. The summed E-state index contributed by atoms with van der Waals surface area (Å²) in [5.41, 5.74) is 0.602. The van der Waals surface area contributed by atoms with Crippen LogP contribution in [0.15, 0.2) is 22.7 Å². The molecule has 17 heavy (non-hydrogen) atoms. The molecule has 7 heteroatoms. The van der Waals surface area contributed by atoms with Crippen LogP contribution in [0.25, 0.3) is 11.4 Å². The molecule has 0 saturated heterocycles. The molecule has 2 heterocycles. The van der Waals surface area contributed by atoms with Crippen molar-refractivity contribution in [3.8, 4) is 22.9 Å². The van der Waals surface area contributed by atoms with Crippen LogP contribution in [0.4, 0.5) is 0 Å². The largest absolute Gasteiger partial charge is 0.474 e. The summed E-state index contributed by atoms with van der Waals surface area (Å²) in [4.78, 5) is 14.3. The summed E-state index contributed by atoms with van der Waals surface area (Å²) in [6.07, 6.45) is 0. The van der Waals surface area contributed by atoms with E-state index in [9.17, 15) is 4.79 Å². The van der Waals surface area contributed by atoms with E-state index in [4.69, 9.17) is 14.6 Å². The van der Waals surface area contributed by atoms with Gasteiger partial charge in [0, 0.05) is 5.56 Å². The number of benzene rings is 1. The van der Waals surface area contributed by atoms with Gasteiger partial charge in [-0.3, -0.25) is 0 Å². The Morgan fingerprint density at radius 2 is 2.12 bits per heavy atom. The molecule has 0 atom stereocenters. The fourth-order valence-electron chi connectivity index (χ4n) is 1.46. The molecule has 1 aliphatic rings. The molecule has 0 spiro atoms. The molecule has 1 aromatic heterocycles. The zero-order chi connectivity index (χ0) is 11.8. The molecule has 0 unspecified atom stereocenters. The van der Waals surface area contributed by atoms with E-state index >= 15 is 0 Å². The molecular weight excluding hydrogens is 228 g/mol. The van der Waals surface area contributed by atoms with Crippen molar-refractivity contribution in [1.29, 1.82) is 0 Å². The van der Waals surface area contributed by atoms with Crippen molar-refractivity contribution < 1.29 is 23.9 Å². The fourth-order valence-corrected chi connectivity index (χ4v) is 1.46. The maximum absolute atomic E-state index is 10.6. The highest BCUT2D eigenvalue weighted by Gasteiger charge is 2.18. The SMILES string of the molecule is O=C(O)c1nc(-c2ccc3c(c2)OCO3)no1. The van der Waals surface area contributed by atoms with Crippen LogP contribution in [0.1, 0.15) is 10.7 Å². The lowest BCUT2D eigenvalue weighted by molar-refractivity contribution is 0.0643. The maximum Gasteiger partial charge on any atom is 0.394 e. The molecule has 86 valence electrons. The zero-order valence-corrected chi connectivity index (χ0v) is 8.41. The topological polar surface area (TPSA) is 94.7 Å². The van der Waals surface area contributed by atoms with E-state index in [2.05, 4.69) is 14.7 Å². The number of hydrogen-bond acceptors (Lipinski definition) is 6. The van der Waals surface area contributed by atoms with Crippen molar-refractivity contribution in [2.75, 3.05) is 6.79 Å².